The Kier molecular flexibility index (Phi) is 6.53. The number of pyridine rings is 1. The number of fused-ring (bicyclic) bond motifs is 1. The first kappa shape index (κ1) is 24.1. The van der Waals surface area contributed by atoms with Gasteiger partial charge in [-0.2, -0.15) is 5.10 Å². The molecule has 3 aromatic heterocycles. The van der Waals surface area contributed by atoms with Crippen LogP contribution in [0.15, 0.2) is 42.9 Å². The lowest BCUT2D eigenvalue weighted by Gasteiger charge is -2.40. The van der Waals surface area contributed by atoms with Crippen molar-refractivity contribution in [2.45, 2.75) is 39.8 Å². The van der Waals surface area contributed by atoms with Crippen LogP contribution >= 0.6 is 0 Å². The van der Waals surface area contributed by atoms with Gasteiger partial charge in [0.15, 0.2) is 5.82 Å². The number of hydrogen-bond donors (Lipinski definition) is 1. The van der Waals surface area contributed by atoms with E-state index in [0.29, 0.717) is 28.3 Å². The molecule has 36 heavy (non-hydrogen) atoms. The molecule has 1 aliphatic heterocycles. The van der Waals surface area contributed by atoms with Gasteiger partial charge in [0.1, 0.15) is 17.3 Å². The largest absolute Gasteiger partial charge is 0.367 e. The summed E-state index contributed by atoms with van der Waals surface area (Å²) in [5.74, 6) is -0.405. The minimum Gasteiger partial charge on any atom is -0.367 e. The van der Waals surface area contributed by atoms with Crippen LogP contribution in [0.25, 0.3) is 22.2 Å². The highest BCUT2D eigenvalue weighted by Gasteiger charge is 2.23. The fourth-order valence-electron chi connectivity index (χ4n) is 4.74. The van der Waals surface area contributed by atoms with E-state index in [9.17, 15) is 8.78 Å². The molecule has 4 heterocycles. The molecule has 10 heteroatoms. The van der Waals surface area contributed by atoms with Crippen molar-refractivity contribution in [2.75, 3.05) is 36.4 Å². The van der Waals surface area contributed by atoms with Gasteiger partial charge in [0.2, 0.25) is 5.95 Å². The van der Waals surface area contributed by atoms with Gasteiger partial charge in [-0.25, -0.2) is 23.7 Å². The summed E-state index contributed by atoms with van der Waals surface area (Å²) < 4.78 is 31.2. The van der Waals surface area contributed by atoms with Gasteiger partial charge in [-0.3, -0.25) is 9.58 Å². The van der Waals surface area contributed by atoms with E-state index >= 15 is 0 Å². The first-order valence-electron chi connectivity index (χ1n) is 12.3. The minimum absolute atomic E-state index is 0.00390. The van der Waals surface area contributed by atoms with Crippen LogP contribution in [-0.4, -0.2) is 61.9 Å². The lowest BCUT2D eigenvalue weighted by molar-refractivity contribution is 0.199. The van der Waals surface area contributed by atoms with E-state index < -0.39 is 11.6 Å². The highest BCUT2D eigenvalue weighted by atomic mass is 19.1. The Hall–Kier alpha value is -3.66. The summed E-state index contributed by atoms with van der Waals surface area (Å²) in [6, 6.07) is 7.34. The molecule has 1 aliphatic rings. The molecule has 0 bridgehead atoms. The third-order valence-corrected chi connectivity index (χ3v) is 6.70. The number of anilines is 3. The Labute approximate surface area is 209 Å². The van der Waals surface area contributed by atoms with E-state index in [1.807, 2.05) is 32.2 Å². The molecule has 1 unspecified atom stereocenters. The zero-order valence-electron chi connectivity index (χ0n) is 20.9. The SMILES string of the molecule is CCN1CCN(c2ccc(Nc3ncc(F)c(-c4cc(F)c5cnn(C(C)C)c5c4)n3)nc2)CC1C. The third kappa shape index (κ3) is 4.60. The predicted octanol–water partition coefficient (Wildman–Crippen LogP) is 5.02. The van der Waals surface area contributed by atoms with Gasteiger partial charge in [0, 0.05) is 37.3 Å². The fraction of sp³-hybridized carbons (Fsp3) is 0.385. The van der Waals surface area contributed by atoms with E-state index in [4.69, 9.17) is 0 Å². The summed E-state index contributed by atoms with van der Waals surface area (Å²) in [5.41, 5.74) is 1.95. The minimum atomic E-state index is -0.640. The maximum Gasteiger partial charge on any atom is 0.229 e. The van der Waals surface area contributed by atoms with Crippen LogP contribution in [0, 0.1) is 11.6 Å². The van der Waals surface area contributed by atoms with Gasteiger partial charge in [-0.15, -0.1) is 0 Å². The molecule has 0 aliphatic carbocycles. The van der Waals surface area contributed by atoms with Crippen LogP contribution in [0.2, 0.25) is 0 Å². The molecular weight excluding hydrogens is 462 g/mol. The first-order chi connectivity index (χ1) is 17.3. The van der Waals surface area contributed by atoms with Gasteiger partial charge in [0.25, 0.3) is 0 Å². The van der Waals surface area contributed by atoms with Gasteiger partial charge in [-0.05, 0) is 51.6 Å². The van der Waals surface area contributed by atoms with Crippen molar-refractivity contribution in [3.8, 4) is 11.3 Å². The van der Waals surface area contributed by atoms with E-state index in [1.165, 1.54) is 12.3 Å². The van der Waals surface area contributed by atoms with Crippen LogP contribution in [0.4, 0.5) is 26.2 Å². The van der Waals surface area contributed by atoms with Gasteiger partial charge >= 0.3 is 0 Å². The number of halogens is 2. The average molecular weight is 493 g/mol. The molecule has 5 rings (SSSR count). The number of nitrogens with zero attached hydrogens (tertiary/aromatic N) is 7. The summed E-state index contributed by atoms with van der Waals surface area (Å²) in [5, 5.41) is 7.68. The summed E-state index contributed by atoms with van der Waals surface area (Å²) in [7, 11) is 0. The van der Waals surface area contributed by atoms with E-state index in [1.54, 1.807) is 10.7 Å². The zero-order chi connectivity index (χ0) is 25.4. The molecular formula is C26H30F2N8. The number of aromatic nitrogens is 5. The smallest absolute Gasteiger partial charge is 0.229 e. The second kappa shape index (κ2) is 9.77. The highest BCUT2D eigenvalue weighted by Crippen LogP contribution is 2.29. The molecule has 1 saturated heterocycles. The lowest BCUT2D eigenvalue weighted by atomic mass is 10.1. The van der Waals surface area contributed by atoms with Gasteiger partial charge in [0.05, 0.1) is 35.2 Å². The predicted molar refractivity (Wildman–Crippen MR) is 138 cm³/mol. The van der Waals surface area contributed by atoms with Crippen LogP contribution in [0.3, 0.4) is 0 Å². The number of hydrogen-bond acceptors (Lipinski definition) is 7. The van der Waals surface area contributed by atoms with Gasteiger partial charge < -0.3 is 10.2 Å². The van der Waals surface area contributed by atoms with Crippen LogP contribution in [0.5, 0.6) is 0 Å². The van der Waals surface area contributed by atoms with E-state index in [-0.39, 0.29) is 17.7 Å². The summed E-state index contributed by atoms with van der Waals surface area (Å²) in [6.07, 6.45) is 4.38. The van der Waals surface area contributed by atoms with Crippen molar-refractivity contribution < 1.29 is 8.78 Å². The monoisotopic (exact) mass is 492 g/mol. The summed E-state index contributed by atoms with van der Waals surface area (Å²) in [6.45, 7) is 12.3. The lowest BCUT2D eigenvalue weighted by Crippen LogP contribution is -2.51. The molecule has 1 fully saturated rings. The van der Waals surface area contributed by atoms with E-state index in [0.717, 1.165) is 38.1 Å². The van der Waals surface area contributed by atoms with E-state index in [2.05, 4.69) is 49.0 Å². The standard InChI is InChI=1S/C26H30F2N8/c1-5-34-8-9-35(15-17(34)4)19-6-7-24(29-12-19)32-26-30-14-22(28)25(33-26)18-10-21(27)20-13-31-36(16(2)3)23(20)11-18/h6-7,10-14,16-17H,5,8-9,15H2,1-4H3,(H,29,30,32,33). The van der Waals surface area contributed by atoms with Crippen molar-refractivity contribution in [1.82, 2.24) is 29.6 Å². The van der Waals surface area contributed by atoms with Crippen LogP contribution in [0.1, 0.15) is 33.7 Å². The molecule has 1 N–H and O–H groups in total. The molecule has 1 atom stereocenters. The van der Waals surface area contributed by atoms with Gasteiger partial charge in [-0.1, -0.05) is 6.92 Å². The Morgan fingerprint density at radius 1 is 1.06 bits per heavy atom. The molecule has 8 nitrogen and oxygen atoms in total. The zero-order valence-corrected chi connectivity index (χ0v) is 20.9. The van der Waals surface area contributed by atoms with Crippen molar-refractivity contribution in [3.63, 3.8) is 0 Å². The van der Waals surface area contributed by atoms with Crippen LogP contribution < -0.4 is 10.2 Å². The molecule has 0 spiro atoms. The Balaban J connectivity index is 1.38. The van der Waals surface area contributed by atoms with Crippen LogP contribution in [-0.2, 0) is 0 Å². The van der Waals surface area contributed by atoms with Crippen molar-refractivity contribution in [1.29, 1.82) is 0 Å². The Bertz CT molecular complexity index is 1370. The number of benzene rings is 1. The topological polar surface area (TPSA) is 75.0 Å². The van der Waals surface area contributed by atoms with Crippen molar-refractivity contribution in [2.24, 2.45) is 0 Å². The second-order valence-corrected chi connectivity index (χ2v) is 9.41. The quantitative estimate of drug-likeness (QED) is 0.405. The molecule has 0 radical (unpaired) electrons. The normalized spacial score (nSPS) is 16.8. The maximum absolute atomic E-state index is 14.8. The summed E-state index contributed by atoms with van der Waals surface area (Å²) >= 11 is 0. The maximum atomic E-state index is 14.8. The number of nitrogens with one attached hydrogen (secondary N) is 1. The Morgan fingerprint density at radius 3 is 2.58 bits per heavy atom. The number of likely N-dealkylation sites (N-methyl/N-ethyl adjacent to an activating group) is 1. The molecule has 4 aromatic rings. The van der Waals surface area contributed by atoms with Crippen molar-refractivity contribution >= 4 is 28.4 Å². The molecule has 1 aromatic carbocycles. The average Bonchev–Trinajstić information content (AvgIpc) is 3.31. The number of rotatable bonds is 6. The Morgan fingerprint density at radius 2 is 1.89 bits per heavy atom. The fourth-order valence-corrected chi connectivity index (χ4v) is 4.74. The molecule has 0 amide bonds. The van der Waals surface area contributed by atoms with Crippen molar-refractivity contribution in [3.05, 3.63) is 54.5 Å². The highest BCUT2D eigenvalue weighted by molar-refractivity contribution is 5.84. The molecule has 188 valence electrons. The summed E-state index contributed by atoms with van der Waals surface area (Å²) in [4.78, 5) is 17.7. The third-order valence-electron chi connectivity index (χ3n) is 6.70. The second-order valence-electron chi connectivity index (χ2n) is 9.41. The molecule has 0 saturated carbocycles. The number of piperazine rings is 1. The first-order valence-corrected chi connectivity index (χ1v) is 12.3.